The molecule has 1 aromatic carbocycles. The van der Waals surface area contributed by atoms with Gasteiger partial charge >= 0.3 is 0 Å². The minimum atomic E-state index is -0.987. The fraction of sp³-hybridized carbons (Fsp3) is 0.562. The fourth-order valence-corrected chi connectivity index (χ4v) is 5.28. The van der Waals surface area contributed by atoms with Crippen molar-refractivity contribution in [2.45, 2.75) is 18.6 Å². The molecule has 0 aliphatic carbocycles. The Morgan fingerprint density at radius 1 is 1.20 bits per heavy atom. The molecule has 1 fully saturated rings. The molecule has 0 spiro atoms. The highest BCUT2D eigenvalue weighted by molar-refractivity contribution is 8.34. The van der Waals surface area contributed by atoms with Crippen LogP contribution in [0.3, 0.4) is 0 Å². The summed E-state index contributed by atoms with van der Waals surface area (Å²) in [6, 6.07) is 7.44. The molecule has 0 saturated carbocycles. The molecule has 4 heteroatoms. The van der Waals surface area contributed by atoms with Crippen molar-refractivity contribution < 1.29 is 14.3 Å². The number of hydrogen-bond donors (Lipinski definition) is 0. The quantitative estimate of drug-likeness (QED) is 0.801. The molecule has 0 bridgehead atoms. The van der Waals surface area contributed by atoms with E-state index in [-0.39, 0.29) is 10.5 Å². The Hall–Kier alpha value is -1.00. The Balaban J connectivity index is 2.25. The highest BCUT2D eigenvalue weighted by Crippen LogP contribution is 2.58. The number of ether oxygens (including phenoxy) is 2. The van der Waals surface area contributed by atoms with Crippen LogP contribution in [0.25, 0.3) is 0 Å². The van der Waals surface area contributed by atoms with Crippen molar-refractivity contribution in [2.75, 3.05) is 38.1 Å². The van der Waals surface area contributed by atoms with Gasteiger partial charge in [0.25, 0.3) is 0 Å². The monoisotopic (exact) mass is 296 g/mol. The summed E-state index contributed by atoms with van der Waals surface area (Å²) in [4.78, 5) is 12.9. The van der Waals surface area contributed by atoms with Crippen LogP contribution in [0.4, 0.5) is 0 Å². The lowest BCUT2D eigenvalue weighted by molar-refractivity contribution is 0.0953. The van der Waals surface area contributed by atoms with Crippen LogP contribution in [0.2, 0.25) is 0 Å². The average Bonchev–Trinajstić information content (AvgIpc) is 2.47. The zero-order chi connectivity index (χ0) is 14.8. The number of rotatable bonds is 4. The second-order valence-corrected chi connectivity index (χ2v) is 10.2. The summed E-state index contributed by atoms with van der Waals surface area (Å²) in [6.07, 6.45) is 2.29. The zero-order valence-corrected chi connectivity index (χ0v) is 13.6. The number of benzene rings is 1. The third-order valence-corrected chi connectivity index (χ3v) is 9.27. The molecule has 0 amide bonds. The van der Waals surface area contributed by atoms with Gasteiger partial charge in [-0.2, -0.15) is 0 Å². The van der Waals surface area contributed by atoms with Gasteiger partial charge in [0.2, 0.25) is 0 Å². The molecule has 1 aliphatic heterocycles. The maximum atomic E-state index is 12.9. The van der Waals surface area contributed by atoms with Crippen molar-refractivity contribution in [1.29, 1.82) is 0 Å². The van der Waals surface area contributed by atoms with Gasteiger partial charge in [-0.25, -0.2) is 10.0 Å². The maximum absolute atomic E-state index is 12.9. The zero-order valence-electron chi connectivity index (χ0n) is 12.8. The Kier molecular flexibility index (Phi) is 4.45. The summed E-state index contributed by atoms with van der Waals surface area (Å²) in [7, 11) is 0.646. The van der Waals surface area contributed by atoms with E-state index in [9.17, 15) is 4.79 Å². The Morgan fingerprint density at radius 3 is 2.25 bits per heavy atom. The molecule has 1 aromatic rings. The lowest BCUT2D eigenvalue weighted by Gasteiger charge is -2.50. The van der Waals surface area contributed by atoms with Gasteiger partial charge < -0.3 is 9.47 Å². The molecule has 20 heavy (non-hydrogen) atoms. The largest absolute Gasteiger partial charge is 0.497 e. The highest BCUT2D eigenvalue weighted by atomic mass is 32.3. The first-order chi connectivity index (χ1) is 9.40. The molecular weight excluding hydrogens is 272 g/mol. The molecule has 1 saturated heterocycles. The smallest absolute Gasteiger partial charge is 0.176 e. The predicted octanol–water partition coefficient (Wildman–Crippen LogP) is 3.12. The van der Waals surface area contributed by atoms with Crippen molar-refractivity contribution in [3.05, 3.63) is 29.8 Å². The molecule has 0 radical (unpaired) electrons. The number of carbonyl (C=O) groups excluding carboxylic acids is 1. The Morgan fingerprint density at radius 2 is 1.75 bits per heavy atom. The van der Waals surface area contributed by atoms with Crippen LogP contribution >= 0.6 is 10.0 Å². The van der Waals surface area contributed by atoms with E-state index >= 15 is 0 Å². The minimum Gasteiger partial charge on any atom is -0.497 e. The third kappa shape index (κ3) is 2.72. The standard InChI is InChI=1S/C16H24O3S/c1-16(2,20(4)11-9-19-10-12-20)15(17)13-5-7-14(18-3)8-6-13/h5-8H,9-12H2,1-4H3. The average molecular weight is 296 g/mol. The van der Waals surface area contributed by atoms with E-state index in [0.29, 0.717) is 0 Å². The first kappa shape index (κ1) is 15.4. The highest BCUT2D eigenvalue weighted by Gasteiger charge is 2.43. The van der Waals surface area contributed by atoms with Gasteiger partial charge in [0.15, 0.2) is 5.78 Å². The third-order valence-electron chi connectivity index (χ3n) is 4.49. The topological polar surface area (TPSA) is 35.5 Å². The van der Waals surface area contributed by atoms with Crippen LogP contribution in [0.1, 0.15) is 24.2 Å². The molecule has 2 rings (SSSR count). The maximum Gasteiger partial charge on any atom is 0.176 e. The van der Waals surface area contributed by atoms with Crippen molar-refractivity contribution in [2.24, 2.45) is 0 Å². The van der Waals surface area contributed by atoms with Gasteiger partial charge in [0, 0.05) is 17.1 Å². The van der Waals surface area contributed by atoms with E-state index in [4.69, 9.17) is 9.47 Å². The van der Waals surface area contributed by atoms with E-state index in [1.54, 1.807) is 7.11 Å². The first-order valence-corrected chi connectivity index (χ1v) is 9.28. The second-order valence-electron chi connectivity index (χ2n) is 5.86. The van der Waals surface area contributed by atoms with Crippen LogP contribution < -0.4 is 4.74 Å². The van der Waals surface area contributed by atoms with Crippen molar-refractivity contribution >= 4 is 15.8 Å². The van der Waals surface area contributed by atoms with Crippen LogP contribution in [0.5, 0.6) is 5.75 Å². The van der Waals surface area contributed by atoms with Gasteiger partial charge in [-0.15, -0.1) is 0 Å². The number of methoxy groups -OCH3 is 1. The normalized spacial score (nSPS) is 20.2. The van der Waals surface area contributed by atoms with Crippen molar-refractivity contribution in [1.82, 2.24) is 0 Å². The minimum absolute atomic E-state index is 0.236. The van der Waals surface area contributed by atoms with Crippen LogP contribution in [0, 0.1) is 0 Å². The first-order valence-electron chi connectivity index (χ1n) is 6.90. The van der Waals surface area contributed by atoms with Gasteiger partial charge in [-0.05, 0) is 44.4 Å². The van der Waals surface area contributed by atoms with Gasteiger partial charge in [-0.3, -0.25) is 4.79 Å². The van der Waals surface area contributed by atoms with Crippen molar-refractivity contribution in [3.8, 4) is 5.75 Å². The van der Waals surface area contributed by atoms with Crippen LogP contribution in [0.15, 0.2) is 24.3 Å². The molecule has 1 aliphatic rings. The van der Waals surface area contributed by atoms with Gasteiger partial charge in [0.1, 0.15) is 5.75 Å². The molecule has 112 valence electrons. The summed E-state index contributed by atoms with van der Waals surface area (Å²) in [6.45, 7) is 5.76. The summed E-state index contributed by atoms with van der Waals surface area (Å²) in [5.74, 6) is 3.05. The predicted molar refractivity (Wildman–Crippen MR) is 85.5 cm³/mol. The van der Waals surface area contributed by atoms with E-state index in [1.807, 2.05) is 24.3 Å². The molecule has 0 atom stereocenters. The lowest BCUT2D eigenvalue weighted by Crippen LogP contribution is -2.43. The lowest BCUT2D eigenvalue weighted by atomic mass is 10.0. The molecule has 0 aromatic heterocycles. The van der Waals surface area contributed by atoms with Gasteiger partial charge in [-0.1, -0.05) is 0 Å². The summed E-state index contributed by atoms with van der Waals surface area (Å²) in [5, 5.41) is 0. The van der Waals surface area contributed by atoms with E-state index < -0.39 is 10.0 Å². The Labute approximate surface area is 123 Å². The fourth-order valence-electron chi connectivity index (χ4n) is 2.51. The van der Waals surface area contributed by atoms with E-state index in [0.717, 1.165) is 36.0 Å². The SMILES string of the molecule is COc1ccc(C(=O)C(C)(C)S2(C)CCOCC2)cc1. The van der Waals surface area contributed by atoms with E-state index in [1.165, 1.54) is 0 Å². The summed E-state index contributed by atoms with van der Waals surface area (Å²) < 4.78 is 10.3. The molecule has 3 nitrogen and oxygen atoms in total. The van der Waals surface area contributed by atoms with Gasteiger partial charge in [0.05, 0.1) is 25.1 Å². The molecule has 0 unspecified atom stereocenters. The van der Waals surface area contributed by atoms with E-state index in [2.05, 4.69) is 20.1 Å². The summed E-state index contributed by atoms with van der Waals surface area (Å²) >= 11 is 0. The summed E-state index contributed by atoms with van der Waals surface area (Å²) in [5.41, 5.74) is 0.774. The molecular formula is C16H24O3S. The number of ketones is 1. The molecule has 0 N–H and O–H groups in total. The number of Topliss-reactive ketones (excluding diaryl/α,β-unsaturated/α-hetero) is 1. The number of hydrogen-bond acceptors (Lipinski definition) is 3. The van der Waals surface area contributed by atoms with Crippen LogP contribution in [-0.2, 0) is 4.74 Å². The van der Waals surface area contributed by atoms with Crippen LogP contribution in [-0.4, -0.2) is 48.6 Å². The van der Waals surface area contributed by atoms with Crippen molar-refractivity contribution in [3.63, 3.8) is 0 Å². The molecule has 1 heterocycles. The second kappa shape index (κ2) is 5.78. The Bertz CT molecular complexity index is 473. The number of carbonyl (C=O) groups is 1.